The van der Waals surface area contributed by atoms with E-state index in [4.69, 9.17) is 34.3 Å². The van der Waals surface area contributed by atoms with E-state index in [-0.39, 0.29) is 12.5 Å². The van der Waals surface area contributed by atoms with Gasteiger partial charge in [0.05, 0.1) is 6.54 Å². The fourth-order valence-electron chi connectivity index (χ4n) is 0.838. The summed E-state index contributed by atoms with van der Waals surface area (Å²) in [7, 11) is 0. The van der Waals surface area contributed by atoms with E-state index < -0.39 is 0 Å². The second-order valence-electron chi connectivity index (χ2n) is 2.52. The van der Waals surface area contributed by atoms with E-state index in [0.29, 0.717) is 10.0 Å². The second kappa shape index (κ2) is 4.93. The second-order valence-corrected chi connectivity index (χ2v) is 3.36. The van der Waals surface area contributed by atoms with Crippen molar-refractivity contribution in [1.29, 1.82) is 5.41 Å². The first-order valence-electron chi connectivity index (χ1n) is 3.75. The molecule has 0 saturated carbocycles. The van der Waals surface area contributed by atoms with Gasteiger partial charge in [-0.25, -0.2) is 0 Å². The molecule has 0 aliphatic rings. The van der Waals surface area contributed by atoms with Crippen molar-refractivity contribution in [1.82, 2.24) is 0 Å². The molecule has 0 spiro atoms. The standard InChI is InChI=1S/C8H8Cl2N4/c9-6-2-1-5(7(10)3-6)4-13-14-8(11)12/h1-3H,4H2,(H3,11,12). The van der Waals surface area contributed by atoms with E-state index in [1.165, 1.54) is 0 Å². The Labute approximate surface area is 91.2 Å². The lowest BCUT2D eigenvalue weighted by Crippen LogP contribution is -2.03. The summed E-state index contributed by atoms with van der Waals surface area (Å²) in [6, 6.07) is 5.09. The maximum Gasteiger partial charge on any atom is 0.232 e. The highest BCUT2D eigenvalue weighted by Crippen LogP contribution is 2.21. The molecule has 6 heteroatoms. The van der Waals surface area contributed by atoms with Crippen LogP contribution in [0.4, 0.5) is 0 Å². The predicted molar refractivity (Wildman–Crippen MR) is 56.9 cm³/mol. The summed E-state index contributed by atoms with van der Waals surface area (Å²) in [4.78, 5) is 0. The Kier molecular flexibility index (Phi) is 3.85. The topological polar surface area (TPSA) is 74.6 Å². The Morgan fingerprint density at radius 3 is 2.71 bits per heavy atom. The highest BCUT2D eigenvalue weighted by atomic mass is 35.5. The minimum atomic E-state index is -0.324. The van der Waals surface area contributed by atoms with Crippen LogP contribution in [0.3, 0.4) is 0 Å². The normalized spacial score (nSPS) is 10.7. The van der Waals surface area contributed by atoms with E-state index in [2.05, 4.69) is 10.2 Å². The molecule has 0 fully saturated rings. The SMILES string of the molecule is N=C(N)N=NCc1ccc(Cl)cc1Cl. The van der Waals surface area contributed by atoms with E-state index in [1.807, 2.05) is 0 Å². The molecule has 14 heavy (non-hydrogen) atoms. The molecule has 3 N–H and O–H groups in total. The molecule has 0 aliphatic carbocycles. The molecular formula is C8H8Cl2N4. The number of nitrogens with one attached hydrogen (secondary N) is 1. The third-order valence-electron chi connectivity index (χ3n) is 1.43. The molecule has 74 valence electrons. The van der Waals surface area contributed by atoms with E-state index >= 15 is 0 Å². The van der Waals surface area contributed by atoms with Crippen LogP contribution in [-0.4, -0.2) is 5.96 Å². The van der Waals surface area contributed by atoms with Crippen molar-refractivity contribution in [2.45, 2.75) is 6.54 Å². The van der Waals surface area contributed by atoms with Gasteiger partial charge in [0.1, 0.15) is 0 Å². The average molecular weight is 231 g/mol. The summed E-state index contributed by atoms with van der Waals surface area (Å²) in [5.74, 6) is -0.324. The van der Waals surface area contributed by atoms with Crippen LogP contribution in [0.25, 0.3) is 0 Å². The fraction of sp³-hybridized carbons (Fsp3) is 0.125. The summed E-state index contributed by atoms with van der Waals surface area (Å²) >= 11 is 11.6. The van der Waals surface area contributed by atoms with Crippen LogP contribution in [0.2, 0.25) is 10.0 Å². The summed E-state index contributed by atoms with van der Waals surface area (Å²) in [6.07, 6.45) is 0. The van der Waals surface area contributed by atoms with Crippen molar-refractivity contribution in [3.8, 4) is 0 Å². The smallest absolute Gasteiger partial charge is 0.232 e. The maximum absolute atomic E-state index is 6.81. The van der Waals surface area contributed by atoms with Crippen LogP contribution in [0.15, 0.2) is 28.4 Å². The third-order valence-corrected chi connectivity index (χ3v) is 2.02. The highest BCUT2D eigenvalue weighted by Gasteiger charge is 1.99. The molecular weight excluding hydrogens is 223 g/mol. The molecule has 0 saturated heterocycles. The zero-order chi connectivity index (χ0) is 10.6. The van der Waals surface area contributed by atoms with Crippen molar-refractivity contribution in [2.75, 3.05) is 0 Å². The summed E-state index contributed by atoms with van der Waals surface area (Å²) < 4.78 is 0. The largest absolute Gasteiger partial charge is 0.367 e. The Bertz CT molecular complexity index is 376. The molecule has 0 amide bonds. The van der Waals surface area contributed by atoms with Gasteiger partial charge in [0.15, 0.2) is 0 Å². The Balaban J connectivity index is 2.73. The van der Waals surface area contributed by atoms with Crippen LogP contribution in [0.1, 0.15) is 5.56 Å². The number of azo groups is 1. The lowest BCUT2D eigenvalue weighted by Gasteiger charge is -1.99. The fourth-order valence-corrected chi connectivity index (χ4v) is 1.31. The third kappa shape index (κ3) is 3.32. The average Bonchev–Trinajstić information content (AvgIpc) is 2.08. The minimum absolute atomic E-state index is 0.287. The van der Waals surface area contributed by atoms with Gasteiger partial charge in [-0.1, -0.05) is 29.3 Å². The van der Waals surface area contributed by atoms with E-state index in [0.717, 1.165) is 5.56 Å². The number of hydrogen-bond donors (Lipinski definition) is 2. The number of guanidine groups is 1. The Morgan fingerprint density at radius 1 is 1.43 bits per heavy atom. The van der Waals surface area contributed by atoms with Crippen molar-refractivity contribution in [3.05, 3.63) is 33.8 Å². The molecule has 0 radical (unpaired) electrons. The number of nitrogens with two attached hydrogens (primary N) is 1. The Morgan fingerprint density at radius 2 is 2.14 bits per heavy atom. The maximum atomic E-state index is 6.81. The molecule has 0 bridgehead atoms. The van der Waals surface area contributed by atoms with Gasteiger partial charge < -0.3 is 5.73 Å². The number of rotatable bonds is 2. The Hall–Kier alpha value is -1.13. The highest BCUT2D eigenvalue weighted by molar-refractivity contribution is 6.35. The molecule has 0 atom stereocenters. The molecule has 1 aromatic rings. The molecule has 0 aliphatic heterocycles. The van der Waals surface area contributed by atoms with Gasteiger partial charge in [-0.05, 0) is 17.7 Å². The van der Waals surface area contributed by atoms with Gasteiger partial charge in [-0.2, -0.15) is 5.11 Å². The number of benzene rings is 1. The lowest BCUT2D eigenvalue weighted by atomic mass is 10.2. The van der Waals surface area contributed by atoms with Crippen LogP contribution in [0.5, 0.6) is 0 Å². The van der Waals surface area contributed by atoms with Gasteiger partial charge in [-0.3, -0.25) is 5.41 Å². The molecule has 0 aromatic heterocycles. The van der Waals surface area contributed by atoms with E-state index in [9.17, 15) is 0 Å². The van der Waals surface area contributed by atoms with Gasteiger partial charge in [0, 0.05) is 10.0 Å². The van der Waals surface area contributed by atoms with Crippen molar-refractivity contribution in [2.24, 2.45) is 16.0 Å². The van der Waals surface area contributed by atoms with Crippen molar-refractivity contribution >= 4 is 29.2 Å². The van der Waals surface area contributed by atoms with Gasteiger partial charge in [0.2, 0.25) is 5.96 Å². The van der Waals surface area contributed by atoms with Gasteiger partial charge in [0.25, 0.3) is 0 Å². The van der Waals surface area contributed by atoms with Crippen molar-refractivity contribution in [3.63, 3.8) is 0 Å². The number of halogens is 2. The molecule has 1 rings (SSSR count). The minimum Gasteiger partial charge on any atom is -0.367 e. The number of nitrogens with zero attached hydrogens (tertiary/aromatic N) is 2. The first-order valence-corrected chi connectivity index (χ1v) is 4.50. The monoisotopic (exact) mass is 230 g/mol. The molecule has 4 nitrogen and oxygen atoms in total. The summed E-state index contributed by atoms with van der Waals surface area (Å²) in [5, 5.41) is 15.0. The predicted octanol–water partition coefficient (Wildman–Crippen LogP) is 2.84. The first-order chi connectivity index (χ1) is 6.59. The summed E-state index contributed by atoms with van der Waals surface area (Å²) in [5.41, 5.74) is 5.78. The summed E-state index contributed by atoms with van der Waals surface area (Å²) in [6.45, 7) is 0.287. The number of hydrogen-bond acceptors (Lipinski definition) is 2. The van der Waals surface area contributed by atoms with Crippen LogP contribution >= 0.6 is 23.2 Å². The van der Waals surface area contributed by atoms with Crippen LogP contribution in [0, 0.1) is 5.41 Å². The molecule has 0 heterocycles. The van der Waals surface area contributed by atoms with Gasteiger partial charge in [-0.15, -0.1) is 5.11 Å². The lowest BCUT2D eigenvalue weighted by molar-refractivity contribution is 0.964. The van der Waals surface area contributed by atoms with Crippen LogP contribution < -0.4 is 5.73 Å². The zero-order valence-corrected chi connectivity index (χ0v) is 8.68. The quantitative estimate of drug-likeness (QED) is 0.458. The zero-order valence-electron chi connectivity index (χ0n) is 7.17. The van der Waals surface area contributed by atoms with Crippen molar-refractivity contribution < 1.29 is 0 Å². The van der Waals surface area contributed by atoms with Gasteiger partial charge >= 0.3 is 0 Å². The molecule has 1 aromatic carbocycles. The first kappa shape index (κ1) is 10.9. The molecule has 0 unspecified atom stereocenters. The van der Waals surface area contributed by atoms with E-state index in [1.54, 1.807) is 18.2 Å². The van der Waals surface area contributed by atoms with Crippen LogP contribution in [-0.2, 0) is 6.54 Å².